The topological polar surface area (TPSA) is 43.3 Å². The molecule has 0 aliphatic carbocycles. The highest BCUT2D eigenvalue weighted by Gasteiger charge is 2.09. The Balaban J connectivity index is 2.74. The second-order valence-electron chi connectivity index (χ2n) is 3.66. The number of hydrogen-bond donors (Lipinski definition) is 1. The lowest BCUT2D eigenvalue weighted by Crippen LogP contribution is -1.94. The van der Waals surface area contributed by atoms with E-state index in [0.29, 0.717) is 16.6 Å². The van der Waals surface area contributed by atoms with Crippen molar-refractivity contribution in [1.82, 2.24) is 9.61 Å². The lowest BCUT2D eigenvalue weighted by atomic mass is 10.1. The summed E-state index contributed by atoms with van der Waals surface area (Å²) in [5.74, 6) is 0.437. The van der Waals surface area contributed by atoms with E-state index in [1.807, 2.05) is 12.3 Å². The molecule has 2 N–H and O–H groups in total. The highest BCUT2D eigenvalue weighted by molar-refractivity contribution is 6.33. The van der Waals surface area contributed by atoms with Crippen molar-refractivity contribution < 1.29 is 0 Å². The number of aromatic nitrogens is 2. The Bertz CT molecular complexity index is 473. The second kappa shape index (κ2) is 3.17. The van der Waals surface area contributed by atoms with Crippen molar-refractivity contribution in [1.29, 1.82) is 0 Å². The molecule has 4 heteroatoms. The smallest absolute Gasteiger partial charge is 0.0712 e. The quantitative estimate of drug-likeness (QED) is 0.785. The van der Waals surface area contributed by atoms with Crippen molar-refractivity contribution in [3.8, 4) is 0 Å². The normalized spacial score (nSPS) is 11.4. The minimum absolute atomic E-state index is 0.437. The van der Waals surface area contributed by atoms with Gasteiger partial charge in [0, 0.05) is 5.56 Å². The molecule has 0 bridgehead atoms. The lowest BCUT2D eigenvalue weighted by Gasteiger charge is -2.03. The fourth-order valence-electron chi connectivity index (χ4n) is 1.48. The van der Waals surface area contributed by atoms with Gasteiger partial charge < -0.3 is 5.73 Å². The van der Waals surface area contributed by atoms with E-state index >= 15 is 0 Å². The molecule has 3 nitrogen and oxygen atoms in total. The van der Waals surface area contributed by atoms with Crippen molar-refractivity contribution in [2.45, 2.75) is 19.8 Å². The maximum atomic E-state index is 5.96. The van der Waals surface area contributed by atoms with Crippen LogP contribution in [0.2, 0.25) is 5.02 Å². The summed E-state index contributed by atoms with van der Waals surface area (Å²) in [6, 6.07) is 1.86. The van der Waals surface area contributed by atoms with Crippen LogP contribution in [0.15, 0.2) is 18.5 Å². The Morgan fingerprint density at radius 3 is 2.86 bits per heavy atom. The first kappa shape index (κ1) is 9.34. The number of nitrogen functional groups attached to an aromatic ring is 1. The molecule has 2 aromatic heterocycles. The molecule has 74 valence electrons. The van der Waals surface area contributed by atoms with Crippen LogP contribution in [-0.2, 0) is 0 Å². The molecule has 0 spiro atoms. The summed E-state index contributed by atoms with van der Waals surface area (Å²) in [6.45, 7) is 4.25. The van der Waals surface area contributed by atoms with Crippen LogP contribution in [0.25, 0.3) is 5.52 Å². The monoisotopic (exact) mass is 209 g/mol. The Kier molecular flexibility index (Phi) is 2.11. The number of nitrogens with zero attached hydrogens (tertiary/aromatic N) is 2. The third kappa shape index (κ3) is 1.34. The molecule has 0 atom stereocenters. The maximum absolute atomic E-state index is 5.96. The first-order chi connectivity index (χ1) is 6.59. The van der Waals surface area contributed by atoms with Gasteiger partial charge in [0.25, 0.3) is 0 Å². The van der Waals surface area contributed by atoms with Gasteiger partial charge in [-0.25, -0.2) is 4.52 Å². The Labute approximate surface area is 87.5 Å². The molecule has 0 saturated heterocycles. The maximum Gasteiger partial charge on any atom is 0.0712 e. The van der Waals surface area contributed by atoms with Crippen molar-refractivity contribution in [2.75, 3.05) is 5.73 Å². The van der Waals surface area contributed by atoms with Crippen LogP contribution in [0.1, 0.15) is 25.3 Å². The summed E-state index contributed by atoms with van der Waals surface area (Å²) in [7, 11) is 0. The van der Waals surface area contributed by atoms with E-state index in [4.69, 9.17) is 17.3 Å². The van der Waals surface area contributed by atoms with Gasteiger partial charge in [-0.05, 0) is 12.0 Å². The minimum Gasteiger partial charge on any atom is -0.396 e. The van der Waals surface area contributed by atoms with Gasteiger partial charge in [0.05, 0.1) is 28.6 Å². The fraction of sp³-hybridized carbons (Fsp3) is 0.300. The molecule has 0 unspecified atom stereocenters. The number of hydrogen-bond acceptors (Lipinski definition) is 2. The van der Waals surface area contributed by atoms with Crippen LogP contribution < -0.4 is 5.73 Å². The standard InChI is InChI=1S/C10H12ClN3/c1-6(2)7-4-13-14-5-9(12)8(11)3-10(7)14/h3-6H,12H2,1-2H3. The molecule has 0 radical (unpaired) electrons. The second-order valence-corrected chi connectivity index (χ2v) is 4.07. The van der Waals surface area contributed by atoms with Crippen LogP contribution in [-0.4, -0.2) is 9.61 Å². The first-order valence-corrected chi connectivity index (χ1v) is 4.89. The molecule has 2 heterocycles. The SMILES string of the molecule is CC(C)c1cnn2cc(N)c(Cl)cc12. The molecular formula is C10H12ClN3. The van der Waals surface area contributed by atoms with Gasteiger partial charge in [0.2, 0.25) is 0 Å². The molecule has 0 saturated carbocycles. The summed E-state index contributed by atoms with van der Waals surface area (Å²) in [6.07, 6.45) is 3.60. The highest BCUT2D eigenvalue weighted by atomic mass is 35.5. The largest absolute Gasteiger partial charge is 0.396 e. The van der Waals surface area contributed by atoms with E-state index in [9.17, 15) is 0 Å². The molecule has 2 rings (SSSR count). The van der Waals surface area contributed by atoms with Crippen LogP contribution in [0.4, 0.5) is 5.69 Å². The molecule has 0 amide bonds. The Morgan fingerprint density at radius 1 is 1.50 bits per heavy atom. The summed E-state index contributed by atoms with van der Waals surface area (Å²) in [4.78, 5) is 0. The predicted octanol–water partition coefficient (Wildman–Crippen LogP) is 2.69. The van der Waals surface area contributed by atoms with Crippen LogP contribution in [0.3, 0.4) is 0 Å². The number of halogens is 1. The molecule has 0 fully saturated rings. The fourth-order valence-corrected chi connectivity index (χ4v) is 1.63. The van der Waals surface area contributed by atoms with Crippen molar-refractivity contribution in [2.24, 2.45) is 0 Å². The van der Waals surface area contributed by atoms with Gasteiger partial charge in [-0.3, -0.25) is 0 Å². The zero-order valence-electron chi connectivity index (χ0n) is 8.16. The zero-order chi connectivity index (χ0) is 10.3. The number of pyridine rings is 1. The summed E-state index contributed by atoms with van der Waals surface area (Å²) < 4.78 is 1.76. The third-order valence-electron chi connectivity index (χ3n) is 2.29. The van der Waals surface area contributed by atoms with Crippen molar-refractivity contribution >= 4 is 22.8 Å². The van der Waals surface area contributed by atoms with E-state index in [1.165, 1.54) is 5.56 Å². The zero-order valence-corrected chi connectivity index (χ0v) is 8.92. The summed E-state index contributed by atoms with van der Waals surface area (Å²) >= 11 is 5.96. The van der Waals surface area contributed by atoms with E-state index in [2.05, 4.69) is 18.9 Å². The van der Waals surface area contributed by atoms with E-state index in [0.717, 1.165) is 5.52 Å². The third-order valence-corrected chi connectivity index (χ3v) is 2.61. The Morgan fingerprint density at radius 2 is 2.21 bits per heavy atom. The molecule has 2 aromatic rings. The van der Waals surface area contributed by atoms with Gasteiger partial charge in [0.1, 0.15) is 0 Å². The van der Waals surface area contributed by atoms with Crippen LogP contribution >= 0.6 is 11.6 Å². The number of nitrogens with two attached hydrogens (primary N) is 1. The van der Waals surface area contributed by atoms with E-state index in [-0.39, 0.29) is 0 Å². The van der Waals surface area contributed by atoms with Crippen LogP contribution in [0.5, 0.6) is 0 Å². The van der Waals surface area contributed by atoms with Crippen LogP contribution in [0, 0.1) is 0 Å². The summed E-state index contributed by atoms with van der Waals surface area (Å²) in [5.41, 5.74) is 8.45. The number of fused-ring (bicyclic) bond motifs is 1. The number of rotatable bonds is 1. The lowest BCUT2D eigenvalue weighted by molar-refractivity contribution is 0.875. The van der Waals surface area contributed by atoms with Gasteiger partial charge >= 0.3 is 0 Å². The van der Waals surface area contributed by atoms with Crippen molar-refractivity contribution in [3.63, 3.8) is 0 Å². The molecule has 0 aromatic carbocycles. The average molecular weight is 210 g/mol. The molecular weight excluding hydrogens is 198 g/mol. The predicted molar refractivity (Wildman–Crippen MR) is 58.7 cm³/mol. The van der Waals surface area contributed by atoms with Gasteiger partial charge in [-0.2, -0.15) is 5.10 Å². The Hall–Kier alpha value is -1.22. The van der Waals surface area contributed by atoms with Gasteiger partial charge in [0.15, 0.2) is 0 Å². The first-order valence-electron chi connectivity index (χ1n) is 4.52. The molecule has 0 aliphatic rings. The van der Waals surface area contributed by atoms with Crippen molar-refractivity contribution in [3.05, 3.63) is 29.0 Å². The van der Waals surface area contributed by atoms with Gasteiger partial charge in [-0.15, -0.1) is 0 Å². The number of anilines is 1. The van der Waals surface area contributed by atoms with E-state index < -0.39 is 0 Å². The van der Waals surface area contributed by atoms with E-state index in [1.54, 1.807) is 10.7 Å². The molecule has 14 heavy (non-hydrogen) atoms. The average Bonchev–Trinajstić information content (AvgIpc) is 2.48. The minimum atomic E-state index is 0.437. The summed E-state index contributed by atoms with van der Waals surface area (Å²) in [5, 5.41) is 4.80. The molecule has 0 aliphatic heterocycles. The highest BCUT2D eigenvalue weighted by Crippen LogP contribution is 2.25. The van der Waals surface area contributed by atoms with Gasteiger partial charge in [-0.1, -0.05) is 25.4 Å².